The van der Waals surface area contributed by atoms with Gasteiger partial charge in [0.1, 0.15) is 0 Å². The number of rotatable bonds is 8. The van der Waals surface area contributed by atoms with Crippen LogP contribution >= 0.6 is 11.8 Å². The third-order valence-corrected chi connectivity index (χ3v) is 4.88. The molecule has 4 nitrogen and oxygen atoms in total. The average Bonchev–Trinajstić information content (AvgIpc) is 2.51. The van der Waals surface area contributed by atoms with E-state index in [1.807, 2.05) is 25.1 Å². The van der Waals surface area contributed by atoms with Gasteiger partial charge in [-0.15, -0.1) is 11.8 Å². The minimum atomic E-state index is -0.173. The maximum Gasteiger partial charge on any atom is 0.233 e. The molecule has 0 radical (unpaired) electrons. The molecule has 0 heterocycles. The summed E-state index contributed by atoms with van der Waals surface area (Å²) in [5.74, 6) is 2.26. The van der Waals surface area contributed by atoms with Crippen molar-refractivity contribution in [3.8, 4) is 11.5 Å². The lowest BCUT2D eigenvalue weighted by atomic mass is 9.93. The standard InChI is InChI=1S/C18H29NO3S/c1-11(2)17(12(3)4)19-18(20)13(5)23-14-8-9-15(21-6)16(10-14)22-7/h8-13,17H,1-7H3,(H,19,20)/t13-/m0/s1. The summed E-state index contributed by atoms with van der Waals surface area (Å²) in [4.78, 5) is 13.4. The quantitative estimate of drug-likeness (QED) is 0.728. The lowest BCUT2D eigenvalue weighted by molar-refractivity contribution is -0.121. The maximum absolute atomic E-state index is 12.5. The molecule has 130 valence electrons. The molecular weight excluding hydrogens is 310 g/mol. The molecule has 1 atom stereocenters. The van der Waals surface area contributed by atoms with Gasteiger partial charge in [0.25, 0.3) is 0 Å². The molecule has 0 unspecified atom stereocenters. The normalized spacial score (nSPS) is 12.6. The van der Waals surface area contributed by atoms with Gasteiger partial charge in [0.15, 0.2) is 11.5 Å². The predicted octanol–water partition coefficient (Wildman–Crippen LogP) is 3.98. The summed E-state index contributed by atoms with van der Waals surface area (Å²) in [5.41, 5.74) is 0. The van der Waals surface area contributed by atoms with Crippen molar-refractivity contribution in [3.05, 3.63) is 18.2 Å². The molecule has 0 aliphatic carbocycles. The zero-order chi connectivity index (χ0) is 17.6. The van der Waals surface area contributed by atoms with Crippen LogP contribution in [0.4, 0.5) is 0 Å². The first-order valence-electron chi connectivity index (χ1n) is 7.99. The number of methoxy groups -OCH3 is 2. The van der Waals surface area contributed by atoms with Crippen molar-refractivity contribution < 1.29 is 14.3 Å². The molecule has 1 rings (SSSR count). The fraction of sp³-hybridized carbons (Fsp3) is 0.611. The second kappa shape index (κ2) is 9.06. The van der Waals surface area contributed by atoms with E-state index < -0.39 is 0 Å². The van der Waals surface area contributed by atoms with Gasteiger partial charge < -0.3 is 14.8 Å². The first-order valence-corrected chi connectivity index (χ1v) is 8.87. The van der Waals surface area contributed by atoms with E-state index >= 15 is 0 Å². The van der Waals surface area contributed by atoms with Gasteiger partial charge in [0, 0.05) is 10.9 Å². The van der Waals surface area contributed by atoms with E-state index in [2.05, 4.69) is 33.0 Å². The molecular formula is C18H29NO3S. The summed E-state index contributed by atoms with van der Waals surface area (Å²) >= 11 is 1.52. The van der Waals surface area contributed by atoms with Gasteiger partial charge in [0.2, 0.25) is 5.91 Å². The van der Waals surface area contributed by atoms with Crippen molar-refractivity contribution in [2.75, 3.05) is 14.2 Å². The summed E-state index contributed by atoms with van der Waals surface area (Å²) in [6.45, 7) is 10.5. The highest BCUT2D eigenvalue weighted by Gasteiger charge is 2.23. The number of amides is 1. The molecule has 23 heavy (non-hydrogen) atoms. The van der Waals surface area contributed by atoms with Crippen LogP contribution in [0.25, 0.3) is 0 Å². The van der Waals surface area contributed by atoms with Crippen LogP contribution in [0, 0.1) is 11.8 Å². The Hall–Kier alpha value is -1.36. The van der Waals surface area contributed by atoms with Crippen LogP contribution in [0.5, 0.6) is 11.5 Å². The Labute approximate surface area is 144 Å². The van der Waals surface area contributed by atoms with Crippen LogP contribution in [0.2, 0.25) is 0 Å². The van der Waals surface area contributed by atoms with Gasteiger partial charge in [-0.1, -0.05) is 27.7 Å². The fourth-order valence-electron chi connectivity index (χ4n) is 2.53. The monoisotopic (exact) mass is 339 g/mol. The van der Waals surface area contributed by atoms with Crippen LogP contribution in [-0.2, 0) is 4.79 Å². The Morgan fingerprint density at radius 1 is 1.00 bits per heavy atom. The van der Waals surface area contributed by atoms with Crippen molar-refractivity contribution in [1.29, 1.82) is 0 Å². The molecule has 1 amide bonds. The highest BCUT2D eigenvalue weighted by molar-refractivity contribution is 8.00. The van der Waals surface area contributed by atoms with Crippen LogP contribution in [0.1, 0.15) is 34.6 Å². The van der Waals surface area contributed by atoms with Gasteiger partial charge in [-0.2, -0.15) is 0 Å². The largest absolute Gasteiger partial charge is 0.493 e. The Morgan fingerprint density at radius 3 is 2.04 bits per heavy atom. The number of ether oxygens (including phenoxy) is 2. The molecule has 0 saturated heterocycles. The van der Waals surface area contributed by atoms with Crippen molar-refractivity contribution in [2.24, 2.45) is 11.8 Å². The summed E-state index contributed by atoms with van der Waals surface area (Å²) < 4.78 is 10.5. The number of thioether (sulfide) groups is 1. The van der Waals surface area contributed by atoms with E-state index in [-0.39, 0.29) is 17.2 Å². The van der Waals surface area contributed by atoms with Crippen LogP contribution in [0.3, 0.4) is 0 Å². The highest BCUT2D eigenvalue weighted by atomic mass is 32.2. The highest BCUT2D eigenvalue weighted by Crippen LogP contribution is 2.33. The van der Waals surface area contributed by atoms with Gasteiger partial charge >= 0.3 is 0 Å². The van der Waals surface area contributed by atoms with E-state index in [0.29, 0.717) is 23.3 Å². The third kappa shape index (κ3) is 5.65. The molecule has 0 saturated carbocycles. The van der Waals surface area contributed by atoms with Crippen molar-refractivity contribution in [2.45, 2.75) is 50.8 Å². The van der Waals surface area contributed by atoms with Crippen molar-refractivity contribution in [3.63, 3.8) is 0 Å². The third-order valence-electron chi connectivity index (χ3n) is 3.78. The summed E-state index contributed by atoms with van der Waals surface area (Å²) in [6.07, 6.45) is 0. The smallest absolute Gasteiger partial charge is 0.233 e. The molecule has 1 aromatic rings. The number of nitrogens with one attached hydrogen (secondary N) is 1. The second-order valence-corrected chi connectivity index (χ2v) is 7.71. The molecule has 0 aliphatic rings. The topological polar surface area (TPSA) is 47.6 Å². The summed E-state index contributed by atoms with van der Waals surface area (Å²) in [5, 5.41) is 3.00. The Morgan fingerprint density at radius 2 is 1.57 bits per heavy atom. The predicted molar refractivity (Wildman–Crippen MR) is 96.5 cm³/mol. The molecule has 0 bridgehead atoms. The lowest BCUT2D eigenvalue weighted by Gasteiger charge is -2.27. The van der Waals surface area contributed by atoms with Gasteiger partial charge in [0.05, 0.1) is 19.5 Å². The maximum atomic E-state index is 12.5. The van der Waals surface area contributed by atoms with E-state index in [1.54, 1.807) is 14.2 Å². The van der Waals surface area contributed by atoms with Crippen LogP contribution in [-0.4, -0.2) is 31.4 Å². The zero-order valence-electron chi connectivity index (χ0n) is 15.2. The van der Waals surface area contributed by atoms with E-state index in [0.717, 1.165) is 4.90 Å². The van der Waals surface area contributed by atoms with Crippen LogP contribution < -0.4 is 14.8 Å². The summed E-state index contributed by atoms with van der Waals surface area (Å²) in [6, 6.07) is 5.89. The number of carbonyl (C=O) groups excluding carboxylic acids is 1. The minimum Gasteiger partial charge on any atom is -0.493 e. The SMILES string of the molecule is COc1ccc(S[C@@H](C)C(=O)NC(C(C)C)C(C)C)cc1OC. The molecule has 1 N–H and O–H groups in total. The van der Waals surface area contributed by atoms with Gasteiger partial charge in [-0.05, 0) is 37.0 Å². The number of hydrogen-bond acceptors (Lipinski definition) is 4. The number of hydrogen-bond donors (Lipinski definition) is 1. The van der Waals surface area contributed by atoms with Crippen LogP contribution in [0.15, 0.2) is 23.1 Å². The first-order chi connectivity index (χ1) is 10.8. The molecule has 0 aromatic heterocycles. The average molecular weight is 340 g/mol. The molecule has 0 fully saturated rings. The van der Waals surface area contributed by atoms with E-state index in [9.17, 15) is 4.79 Å². The fourth-order valence-corrected chi connectivity index (χ4v) is 3.44. The Bertz CT molecular complexity index is 509. The Balaban J connectivity index is 2.75. The molecule has 1 aromatic carbocycles. The Kier molecular flexibility index (Phi) is 7.76. The van der Waals surface area contributed by atoms with E-state index in [1.165, 1.54) is 11.8 Å². The van der Waals surface area contributed by atoms with Gasteiger partial charge in [-0.25, -0.2) is 0 Å². The number of carbonyl (C=O) groups is 1. The van der Waals surface area contributed by atoms with E-state index in [4.69, 9.17) is 9.47 Å². The second-order valence-electron chi connectivity index (χ2n) is 6.30. The molecule has 0 spiro atoms. The minimum absolute atomic E-state index is 0.0668. The first kappa shape index (κ1) is 19.7. The number of benzene rings is 1. The summed E-state index contributed by atoms with van der Waals surface area (Å²) in [7, 11) is 3.22. The zero-order valence-corrected chi connectivity index (χ0v) is 16.0. The van der Waals surface area contributed by atoms with Crippen molar-refractivity contribution in [1.82, 2.24) is 5.32 Å². The lowest BCUT2D eigenvalue weighted by Crippen LogP contribution is -2.45. The van der Waals surface area contributed by atoms with Gasteiger partial charge in [-0.3, -0.25) is 4.79 Å². The molecule has 0 aliphatic heterocycles. The molecule has 5 heteroatoms. The van der Waals surface area contributed by atoms with Crippen molar-refractivity contribution >= 4 is 17.7 Å².